The fourth-order valence-electron chi connectivity index (χ4n) is 2.03. The Morgan fingerprint density at radius 2 is 1.52 bits per heavy atom. The molecule has 0 saturated heterocycles. The molecule has 2 aromatic rings. The van der Waals surface area contributed by atoms with Crippen molar-refractivity contribution in [2.24, 2.45) is 0 Å². The SMILES string of the molecule is Cc1cccc(N)c1C(=O)OC(=O)c1cccc(N)c1C. The van der Waals surface area contributed by atoms with Gasteiger partial charge in [0.1, 0.15) is 0 Å². The summed E-state index contributed by atoms with van der Waals surface area (Å²) in [5.41, 5.74) is 13.9. The summed E-state index contributed by atoms with van der Waals surface area (Å²) in [5.74, 6) is -1.51. The van der Waals surface area contributed by atoms with E-state index in [0.717, 1.165) is 0 Å². The number of carbonyl (C=O) groups is 2. The zero-order valence-corrected chi connectivity index (χ0v) is 11.8. The number of esters is 2. The first-order valence-electron chi connectivity index (χ1n) is 6.38. The first-order chi connectivity index (χ1) is 9.91. The number of nitrogen functional groups attached to an aromatic ring is 2. The molecule has 0 aliphatic heterocycles. The standard InChI is InChI=1S/C16H16N2O3/c1-9-5-3-8-13(18)14(9)16(20)21-15(19)11-6-4-7-12(17)10(11)2/h3-8H,17-18H2,1-2H3. The maximum Gasteiger partial charge on any atom is 0.348 e. The Morgan fingerprint density at radius 1 is 0.905 bits per heavy atom. The lowest BCUT2D eigenvalue weighted by Gasteiger charge is -2.10. The predicted molar refractivity (Wildman–Crippen MR) is 80.9 cm³/mol. The van der Waals surface area contributed by atoms with Crippen LogP contribution in [0.1, 0.15) is 31.8 Å². The van der Waals surface area contributed by atoms with E-state index >= 15 is 0 Å². The van der Waals surface area contributed by atoms with Crippen molar-refractivity contribution < 1.29 is 14.3 Å². The Hall–Kier alpha value is -2.82. The van der Waals surface area contributed by atoms with Crippen LogP contribution in [0.3, 0.4) is 0 Å². The molecule has 0 saturated carbocycles. The van der Waals surface area contributed by atoms with Crippen molar-refractivity contribution in [3.05, 3.63) is 58.7 Å². The number of hydrogen-bond acceptors (Lipinski definition) is 5. The molecule has 0 radical (unpaired) electrons. The maximum atomic E-state index is 12.1. The van der Waals surface area contributed by atoms with E-state index in [1.54, 1.807) is 50.2 Å². The summed E-state index contributed by atoms with van der Waals surface area (Å²) in [6.45, 7) is 3.42. The zero-order valence-electron chi connectivity index (χ0n) is 11.8. The molecule has 21 heavy (non-hydrogen) atoms. The van der Waals surface area contributed by atoms with Gasteiger partial charge in [0.15, 0.2) is 0 Å². The van der Waals surface area contributed by atoms with Gasteiger partial charge in [-0.3, -0.25) is 0 Å². The average molecular weight is 284 g/mol. The molecule has 0 spiro atoms. The first-order valence-corrected chi connectivity index (χ1v) is 6.38. The van der Waals surface area contributed by atoms with Crippen molar-refractivity contribution in [1.29, 1.82) is 0 Å². The Labute approximate surface area is 122 Å². The van der Waals surface area contributed by atoms with E-state index in [0.29, 0.717) is 16.8 Å². The minimum Gasteiger partial charge on any atom is -0.398 e. The van der Waals surface area contributed by atoms with Crippen LogP contribution in [0.2, 0.25) is 0 Å². The summed E-state index contributed by atoms with van der Waals surface area (Å²) in [6.07, 6.45) is 0. The number of ether oxygens (including phenoxy) is 1. The van der Waals surface area contributed by atoms with Gasteiger partial charge < -0.3 is 16.2 Å². The number of nitrogens with two attached hydrogens (primary N) is 2. The van der Waals surface area contributed by atoms with E-state index in [1.807, 2.05) is 0 Å². The second-order valence-corrected chi connectivity index (χ2v) is 4.74. The highest BCUT2D eigenvalue weighted by Gasteiger charge is 2.20. The molecule has 2 rings (SSSR count). The smallest absolute Gasteiger partial charge is 0.348 e. The molecular formula is C16H16N2O3. The maximum absolute atomic E-state index is 12.1. The number of benzene rings is 2. The molecule has 5 nitrogen and oxygen atoms in total. The largest absolute Gasteiger partial charge is 0.398 e. The second-order valence-electron chi connectivity index (χ2n) is 4.74. The summed E-state index contributed by atoms with van der Waals surface area (Å²) in [7, 11) is 0. The van der Waals surface area contributed by atoms with Gasteiger partial charge in [-0.15, -0.1) is 0 Å². The molecule has 0 heterocycles. The number of aryl methyl sites for hydroxylation is 1. The molecule has 0 unspecified atom stereocenters. The molecule has 0 amide bonds. The van der Waals surface area contributed by atoms with E-state index in [9.17, 15) is 9.59 Å². The number of anilines is 2. The van der Waals surface area contributed by atoms with Crippen molar-refractivity contribution in [3.8, 4) is 0 Å². The molecule has 0 aromatic heterocycles. The Kier molecular flexibility index (Phi) is 3.93. The Morgan fingerprint density at radius 3 is 2.19 bits per heavy atom. The Bertz CT molecular complexity index is 703. The van der Waals surface area contributed by atoms with Gasteiger partial charge in [0.25, 0.3) is 0 Å². The average Bonchev–Trinajstić information content (AvgIpc) is 2.41. The highest BCUT2D eigenvalue weighted by Crippen LogP contribution is 2.20. The lowest BCUT2D eigenvalue weighted by Crippen LogP contribution is -2.16. The summed E-state index contributed by atoms with van der Waals surface area (Å²) in [6, 6.07) is 9.90. The van der Waals surface area contributed by atoms with Crippen LogP contribution in [-0.4, -0.2) is 11.9 Å². The number of hydrogen-bond donors (Lipinski definition) is 2. The third-order valence-corrected chi connectivity index (χ3v) is 3.29. The molecule has 5 heteroatoms. The summed E-state index contributed by atoms with van der Waals surface area (Å²) < 4.78 is 4.91. The zero-order chi connectivity index (χ0) is 15.6. The van der Waals surface area contributed by atoms with Gasteiger partial charge >= 0.3 is 11.9 Å². The van der Waals surface area contributed by atoms with Crippen molar-refractivity contribution in [2.75, 3.05) is 11.5 Å². The van der Waals surface area contributed by atoms with Crippen molar-refractivity contribution in [1.82, 2.24) is 0 Å². The van der Waals surface area contributed by atoms with Gasteiger partial charge in [-0.1, -0.05) is 18.2 Å². The van der Waals surface area contributed by atoms with Crippen molar-refractivity contribution in [2.45, 2.75) is 13.8 Å². The van der Waals surface area contributed by atoms with Gasteiger partial charge in [0.2, 0.25) is 0 Å². The van der Waals surface area contributed by atoms with Crippen LogP contribution in [-0.2, 0) is 4.74 Å². The molecule has 0 atom stereocenters. The minimum absolute atomic E-state index is 0.201. The van der Waals surface area contributed by atoms with Crippen molar-refractivity contribution >= 4 is 23.3 Å². The molecule has 2 aromatic carbocycles. The van der Waals surface area contributed by atoms with Gasteiger partial charge in [-0.25, -0.2) is 9.59 Å². The summed E-state index contributed by atoms with van der Waals surface area (Å²) >= 11 is 0. The van der Waals surface area contributed by atoms with Gasteiger partial charge in [-0.05, 0) is 43.2 Å². The van der Waals surface area contributed by atoms with Gasteiger partial charge in [-0.2, -0.15) is 0 Å². The predicted octanol–water partition coefficient (Wildman–Crippen LogP) is 2.47. The quantitative estimate of drug-likeness (QED) is 0.502. The number of carbonyl (C=O) groups excluding carboxylic acids is 2. The monoisotopic (exact) mass is 284 g/mol. The van der Waals surface area contributed by atoms with E-state index in [-0.39, 0.29) is 16.8 Å². The molecule has 4 N–H and O–H groups in total. The van der Waals surface area contributed by atoms with E-state index in [4.69, 9.17) is 16.2 Å². The molecular weight excluding hydrogens is 268 g/mol. The topological polar surface area (TPSA) is 95.4 Å². The van der Waals surface area contributed by atoms with E-state index < -0.39 is 11.9 Å². The van der Waals surface area contributed by atoms with E-state index in [1.165, 1.54) is 0 Å². The van der Waals surface area contributed by atoms with Gasteiger partial charge in [0.05, 0.1) is 11.1 Å². The summed E-state index contributed by atoms with van der Waals surface area (Å²) in [4.78, 5) is 24.2. The fourth-order valence-corrected chi connectivity index (χ4v) is 2.03. The van der Waals surface area contributed by atoms with Crippen LogP contribution < -0.4 is 11.5 Å². The highest BCUT2D eigenvalue weighted by atomic mass is 16.6. The van der Waals surface area contributed by atoms with Crippen LogP contribution in [0, 0.1) is 13.8 Å². The van der Waals surface area contributed by atoms with E-state index in [2.05, 4.69) is 0 Å². The van der Waals surface area contributed by atoms with Crippen LogP contribution in [0.25, 0.3) is 0 Å². The molecule has 0 fully saturated rings. The second kappa shape index (κ2) is 5.66. The molecule has 108 valence electrons. The Balaban J connectivity index is 2.28. The fraction of sp³-hybridized carbons (Fsp3) is 0.125. The minimum atomic E-state index is -0.766. The lowest BCUT2D eigenvalue weighted by atomic mass is 10.1. The van der Waals surface area contributed by atoms with Crippen LogP contribution in [0.4, 0.5) is 11.4 Å². The third kappa shape index (κ3) is 2.86. The van der Waals surface area contributed by atoms with Crippen LogP contribution in [0.5, 0.6) is 0 Å². The highest BCUT2D eigenvalue weighted by molar-refractivity contribution is 6.06. The lowest BCUT2D eigenvalue weighted by molar-refractivity contribution is 0.0398. The normalized spacial score (nSPS) is 10.2. The molecule has 0 aliphatic rings. The third-order valence-electron chi connectivity index (χ3n) is 3.29. The molecule has 0 bridgehead atoms. The first kappa shape index (κ1) is 14.6. The van der Waals surface area contributed by atoms with Crippen LogP contribution in [0.15, 0.2) is 36.4 Å². The number of rotatable bonds is 2. The van der Waals surface area contributed by atoms with Crippen molar-refractivity contribution in [3.63, 3.8) is 0 Å². The molecule has 0 aliphatic carbocycles. The van der Waals surface area contributed by atoms with Gasteiger partial charge in [0, 0.05) is 11.4 Å². The van der Waals surface area contributed by atoms with Crippen LogP contribution >= 0.6 is 0 Å². The summed E-state index contributed by atoms with van der Waals surface area (Å²) in [5, 5.41) is 0.